The molecule has 0 aromatic carbocycles. The summed E-state index contributed by atoms with van der Waals surface area (Å²) in [5.41, 5.74) is 0.608. The third kappa shape index (κ3) is 3.42. The highest BCUT2D eigenvalue weighted by atomic mass is 79.9. The van der Waals surface area contributed by atoms with Crippen LogP contribution in [0.3, 0.4) is 0 Å². The second-order valence-corrected chi connectivity index (χ2v) is 6.12. The first-order chi connectivity index (χ1) is 9.51. The third-order valence-corrected chi connectivity index (χ3v) is 4.23. The van der Waals surface area contributed by atoms with Gasteiger partial charge in [0.15, 0.2) is 0 Å². The van der Waals surface area contributed by atoms with E-state index in [2.05, 4.69) is 21.2 Å². The largest absolute Gasteiger partial charge is 0.481 e. The minimum Gasteiger partial charge on any atom is -0.481 e. The molecule has 0 saturated heterocycles. The Morgan fingerprint density at radius 2 is 2.25 bits per heavy atom. The zero-order chi connectivity index (χ0) is 14.7. The molecule has 1 heterocycles. The smallest absolute Gasteiger partial charge is 0.306 e. The van der Waals surface area contributed by atoms with Crippen molar-refractivity contribution in [2.75, 3.05) is 0 Å². The summed E-state index contributed by atoms with van der Waals surface area (Å²) >= 11 is 3.37. The molecule has 1 aromatic rings. The van der Waals surface area contributed by atoms with Crippen molar-refractivity contribution in [1.82, 2.24) is 9.88 Å². The number of carboxylic acids is 1. The number of carbonyl (C=O) groups excluding carboxylic acids is 1. The summed E-state index contributed by atoms with van der Waals surface area (Å²) in [6.07, 6.45) is 4.80. The summed E-state index contributed by atoms with van der Waals surface area (Å²) in [7, 11) is 0. The third-order valence-electron chi connectivity index (χ3n) is 3.80. The van der Waals surface area contributed by atoms with Gasteiger partial charge in [-0.05, 0) is 48.2 Å². The number of aryl methyl sites for hydroxylation is 1. The Morgan fingerprint density at radius 3 is 2.90 bits per heavy atom. The van der Waals surface area contributed by atoms with E-state index in [1.54, 1.807) is 6.07 Å². The summed E-state index contributed by atoms with van der Waals surface area (Å²) in [6.45, 7) is 2.70. The van der Waals surface area contributed by atoms with E-state index in [0.29, 0.717) is 18.5 Å². The van der Waals surface area contributed by atoms with Crippen molar-refractivity contribution in [2.45, 2.75) is 45.2 Å². The summed E-state index contributed by atoms with van der Waals surface area (Å²) in [5.74, 6) is -1.23. The van der Waals surface area contributed by atoms with Crippen molar-refractivity contribution >= 4 is 27.8 Å². The van der Waals surface area contributed by atoms with Crippen LogP contribution < -0.4 is 5.32 Å². The highest BCUT2D eigenvalue weighted by molar-refractivity contribution is 9.10. The molecule has 2 rings (SSSR count). The van der Waals surface area contributed by atoms with E-state index in [-0.39, 0.29) is 17.9 Å². The number of carbonyl (C=O) groups is 2. The minimum atomic E-state index is -0.761. The van der Waals surface area contributed by atoms with Gasteiger partial charge in [-0.2, -0.15) is 0 Å². The molecule has 1 saturated carbocycles. The quantitative estimate of drug-likeness (QED) is 0.883. The molecule has 1 amide bonds. The number of hydrogen-bond donors (Lipinski definition) is 2. The van der Waals surface area contributed by atoms with Gasteiger partial charge in [0, 0.05) is 23.3 Å². The van der Waals surface area contributed by atoms with Crippen molar-refractivity contribution in [3.63, 3.8) is 0 Å². The lowest BCUT2D eigenvalue weighted by molar-refractivity contribution is -0.143. The van der Waals surface area contributed by atoms with E-state index >= 15 is 0 Å². The van der Waals surface area contributed by atoms with Crippen molar-refractivity contribution in [1.29, 1.82) is 0 Å². The molecule has 110 valence electrons. The fourth-order valence-corrected chi connectivity index (χ4v) is 3.20. The number of nitrogens with one attached hydrogen (secondary N) is 1. The first-order valence-corrected chi connectivity index (χ1v) is 7.70. The van der Waals surface area contributed by atoms with Crippen molar-refractivity contribution in [2.24, 2.45) is 5.92 Å². The summed E-state index contributed by atoms with van der Waals surface area (Å²) in [5, 5.41) is 12.0. The van der Waals surface area contributed by atoms with Gasteiger partial charge in [-0.15, -0.1) is 0 Å². The van der Waals surface area contributed by atoms with Gasteiger partial charge in [-0.1, -0.05) is 6.42 Å². The Morgan fingerprint density at radius 1 is 1.50 bits per heavy atom. The Hall–Kier alpha value is -1.30. The fourth-order valence-electron chi connectivity index (χ4n) is 2.73. The molecule has 5 nitrogen and oxygen atoms in total. The molecule has 1 aliphatic carbocycles. The van der Waals surface area contributed by atoms with Crippen LogP contribution in [0.15, 0.2) is 16.7 Å². The summed E-state index contributed by atoms with van der Waals surface area (Å²) in [6, 6.07) is 1.74. The zero-order valence-corrected chi connectivity index (χ0v) is 13.0. The Bertz CT molecular complexity index is 513. The molecular weight excluding hydrogens is 324 g/mol. The molecule has 2 N–H and O–H groups in total. The van der Waals surface area contributed by atoms with Crippen LogP contribution in [0.2, 0.25) is 0 Å². The van der Waals surface area contributed by atoms with Crippen LogP contribution in [0, 0.1) is 5.92 Å². The van der Waals surface area contributed by atoms with Gasteiger partial charge in [-0.25, -0.2) is 0 Å². The standard InChI is InChI=1S/C14H19BrN2O3/c1-2-17-8-10(15)7-12(17)13(18)16-11-5-3-4-9(6-11)14(19)20/h7-9,11H,2-6H2,1H3,(H,16,18)(H,19,20). The van der Waals surface area contributed by atoms with E-state index in [1.165, 1.54) is 0 Å². The lowest BCUT2D eigenvalue weighted by atomic mass is 9.86. The summed E-state index contributed by atoms with van der Waals surface area (Å²) < 4.78 is 2.74. The maximum atomic E-state index is 12.3. The maximum absolute atomic E-state index is 12.3. The Labute approximate surface area is 126 Å². The molecule has 2 atom stereocenters. The van der Waals surface area contributed by atoms with Gasteiger partial charge in [0.2, 0.25) is 0 Å². The molecule has 0 radical (unpaired) electrons. The number of hydrogen-bond acceptors (Lipinski definition) is 2. The Kier molecular flexibility index (Phi) is 4.86. The van der Waals surface area contributed by atoms with Gasteiger partial charge >= 0.3 is 5.97 Å². The molecular formula is C14H19BrN2O3. The van der Waals surface area contributed by atoms with Crippen LogP contribution in [-0.4, -0.2) is 27.6 Å². The van der Waals surface area contributed by atoms with E-state index in [0.717, 1.165) is 23.9 Å². The predicted octanol–water partition coefficient (Wildman–Crippen LogP) is 2.64. The molecule has 0 spiro atoms. The van der Waals surface area contributed by atoms with Gasteiger partial charge in [0.1, 0.15) is 5.69 Å². The lowest BCUT2D eigenvalue weighted by Crippen LogP contribution is -2.40. The molecule has 1 fully saturated rings. The van der Waals surface area contributed by atoms with Gasteiger partial charge in [-0.3, -0.25) is 9.59 Å². The maximum Gasteiger partial charge on any atom is 0.306 e. The molecule has 0 aliphatic heterocycles. The number of halogens is 1. The first kappa shape index (κ1) is 15.1. The van der Waals surface area contributed by atoms with Crippen LogP contribution in [0.1, 0.15) is 43.1 Å². The van der Waals surface area contributed by atoms with Crippen LogP contribution in [0.4, 0.5) is 0 Å². The van der Waals surface area contributed by atoms with E-state index < -0.39 is 5.97 Å². The highest BCUT2D eigenvalue weighted by Gasteiger charge is 2.28. The molecule has 2 unspecified atom stereocenters. The number of nitrogens with zero attached hydrogens (tertiary/aromatic N) is 1. The second kappa shape index (κ2) is 6.43. The van der Waals surface area contributed by atoms with E-state index in [1.807, 2.05) is 17.7 Å². The van der Waals surface area contributed by atoms with Crippen LogP contribution in [0.25, 0.3) is 0 Å². The average molecular weight is 343 g/mol. The number of aliphatic carboxylic acids is 1. The number of amides is 1. The van der Waals surface area contributed by atoms with E-state index in [9.17, 15) is 9.59 Å². The van der Waals surface area contributed by atoms with Crippen LogP contribution in [0.5, 0.6) is 0 Å². The van der Waals surface area contributed by atoms with Crippen LogP contribution >= 0.6 is 15.9 Å². The topological polar surface area (TPSA) is 71.3 Å². The monoisotopic (exact) mass is 342 g/mol. The van der Waals surface area contributed by atoms with Gasteiger partial charge < -0.3 is 15.0 Å². The number of carboxylic acid groups (broad SMARTS) is 1. The number of aromatic nitrogens is 1. The van der Waals surface area contributed by atoms with Crippen molar-refractivity contribution in [3.05, 3.63) is 22.4 Å². The molecule has 20 heavy (non-hydrogen) atoms. The number of rotatable bonds is 4. The van der Waals surface area contributed by atoms with Gasteiger partial charge in [0.25, 0.3) is 5.91 Å². The second-order valence-electron chi connectivity index (χ2n) is 5.20. The van der Waals surface area contributed by atoms with Crippen LogP contribution in [-0.2, 0) is 11.3 Å². The van der Waals surface area contributed by atoms with Crippen molar-refractivity contribution in [3.8, 4) is 0 Å². The minimum absolute atomic E-state index is 0.0451. The highest BCUT2D eigenvalue weighted by Crippen LogP contribution is 2.25. The normalized spacial score (nSPS) is 22.5. The van der Waals surface area contributed by atoms with Gasteiger partial charge in [0.05, 0.1) is 5.92 Å². The first-order valence-electron chi connectivity index (χ1n) is 6.90. The average Bonchev–Trinajstić information content (AvgIpc) is 2.80. The molecule has 6 heteroatoms. The predicted molar refractivity (Wildman–Crippen MR) is 78.7 cm³/mol. The van der Waals surface area contributed by atoms with E-state index in [4.69, 9.17) is 5.11 Å². The molecule has 0 bridgehead atoms. The molecule has 1 aromatic heterocycles. The SMILES string of the molecule is CCn1cc(Br)cc1C(=O)NC1CCCC(C(=O)O)C1. The molecule has 1 aliphatic rings. The van der Waals surface area contributed by atoms with Crippen molar-refractivity contribution < 1.29 is 14.7 Å². The fraction of sp³-hybridized carbons (Fsp3) is 0.571. The Balaban J connectivity index is 2.02. The summed E-state index contributed by atoms with van der Waals surface area (Å²) in [4.78, 5) is 23.3. The zero-order valence-electron chi connectivity index (χ0n) is 11.4. The lowest BCUT2D eigenvalue weighted by Gasteiger charge is -2.27.